The predicted molar refractivity (Wildman–Crippen MR) is 54.8 cm³/mol. The Kier molecular flexibility index (Phi) is 3.91. The number of hydrogen-bond acceptors (Lipinski definition) is 2. The number of carbonyl (C=O) groups excluding carboxylic acids is 1. The lowest BCUT2D eigenvalue weighted by molar-refractivity contribution is -0.121. The van der Waals surface area contributed by atoms with E-state index in [1.54, 1.807) is 17.0 Å². The number of nitrogens with zero attached hydrogens (tertiary/aromatic N) is 2. The Labute approximate surface area is 83.6 Å². The topological polar surface area (TPSA) is 46.9 Å². The molecule has 0 aliphatic carbocycles. The molecular formula is C10H15N3O. The van der Waals surface area contributed by atoms with Crippen LogP contribution in [0.25, 0.3) is 0 Å². The van der Waals surface area contributed by atoms with Gasteiger partial charge < -0.3 is 5.32 Å². The van der Waals surface area contributed by atoms with Crippen molar-refractivity contribution in [1.29, 1.82) is 0 Å². The number of aromatic nitrogens is 2. The van der Waals surface area contributed by atoms with E-state index < -0.39 is 0 Å². The molecule has 0 radical (unpaired) electrons. The maximum atomic E-state index is 11.2. The minimum atomic E-state index is 0.0260. The zero-order chi connectivity index (χ0) is 10.4. The van der Waals surface area contributed by atoms with Crippen LogP contribution in [0.3, 0.4) is 0 Å². The van der Waals surface area contributed by atoms with Crippen LogP contribution >= 0.6 is 0 Å². The zero-order valence-corrected chi connectivity index (χ0v) is 8.36. The van der Waals surface area contributed by atoms with Crippen molar-refractivity contribution in [2.45, 2.75) is 19.9 Å². The number of nitrogens with one attached hydrogen (secondary N) is 1. The molecule has 1 rings (SSSR count). The van der Waals surface area contributed by atoms with Crippen LogP contribution in [0.2, 0.25) is 0 Å². The number of carbonyl (C=O) groups is 1. The monoisotopic (exact) mass is 193 g/mol. The van der Waals surface area contributed by atoms with Crippen molar-refractivity contribution in [3.8, 4) is 0 Å². The maximum absolute atomic E-state index is 11.2. The highest BCUT2D eigenvalue weighted by atomic mass is 16.1. The van der Waals surface area contributed by atoms with Gasteiger partial charge in [-0.05, 0) is 12.5 Å². The summed E-state index contributed by atoms with van der Waals surface area (Å²) >= 11 is 0. The third kappa shape index (κ3) is 3.43. The van der Waals surface area contributed by atoms with Gasteiger partial charge in [0.15, 0.2) is 0 Å². The van der Waals surface area contributed by atoms with Gasteiger partial charge in [-0.1, -0.05) is 6.08 Å². The molecule has 4 nitrogen and oxygen atoms in total. The second-order valence-electron chi connectivity index (χ2n) is 3.12. The minimum absolute atomic E-state index is 0.0260. The summed E-state index contributed by atoms with van der Waals surface area (Å²) in [4.78, 5) is 11.2. The highest BCUT2D eigenvalue weighted by Crippen LogP contribution is 1.95. The standard InChI is InChI=1S/C10H15N3O/c1-3-5-11-10(14)4-6-13-8-9(2)7-12-13/h3,7-8H,1,4-6H2,2H3,(H,11,14). The average molecular weight is 193 g/mol. The molecule has 1 amide bonds. The summed E-state index contributed by atoms with van der Waals surface area (Å²) < 4.78 is 1.77. The Morgan fingerprint density at radius 3 is 3.14 bits per heavy atom. The van der Waals surface area contributed by atoms with Crippen LogP contribution in [-0.2, 0) is 11.3 Å². The Morgan fingerprint density at radius 1 is 1.79 bits per heavy atom. The summed E-state index contributed by atoms with van der Waals surface area (Å²) in [5, 5.41) is 6.80. The lowest BCUT2D eigenvalue weighted by Crippen LogP contribution is -2.24. The van der Waals surface area contributed by atoms with E-state index in [4.69, 9.17) is 0 Å². The van der Waals surface area contributed by atoms with Gasteiger partial charge in [-0.15, -0.1) is 6.58 Å². The summed E-state index contributed by atoms with van der Waals surface area (Å²) in [6, 6.07) is 0. The molecule has 0 atom stereocenters. The van der Waals surface area contributed by atoms with Gasteiger partial charge in [0.05, 0.1) is 6.20 Å². The molecule has 1 N–H and O–H groups in total. The van der Waals surface area contributed by atoms with E-state index in [0.29, 0.717) is 19.5 Å². The van der Waals surface area contributed by atoms with Crippen molar-refractivity contribution >= 4 is 5.91 Å². The van der Waals surface area contributed by atoms with Gasteiger partial charge in [0.2, 0.25) is 5.91 Å². The molecule has 1 aromatic heterocycles. The van der Waals surface area contributed by atoms with Crippen LogP contribution in [0, 0.1) is 6.92 Å². The molecule has 0 aliphatic rings. The highest BCUT2D eigenvalue weighted by molar-refractivity contribution is 5.75. The zero-order valence-electron chi connectivity index (χ0n) is 8.36. The molecule has 0 aromatic carbocycles. The molecule has 0 aliphatic heterocycles. The Morgan fingerprint density at radius 2 is 2.57 bits per heavy atom. The molecule has 76 valence electrons. The summed E-state index contributed by atoms with van der Waals surface area (Å²) in [5.41, 5.74) is 1.11. The Bertz CT molecular complexity index is 317. The third-order valence-corrected chi connectivity index (χ3v) is 1.77. The smallest absolute Gasteiger partial charge is 0.222 e. The van der Waals surface area contributed by atoms with Crippen LogP contribution in [-0.4, -0.2) is 22.2 Å². The number of rotatable bonds is 5. The van der Waals surface area contributed by atoms with Crippen LogP contribution in [0.1, 0.15) is 12.0 Å². The van der Waals surface area contributed by atoms with Crippen molar-refractivity contribution in [2.75, 3.05) is 6.54 Å². The number of aryl methyl sites for hydroxylation is 2. The lowest BCUT2D eigenvalue weighted by atomic mass is 10.4. The second-order valence-corrected chi connectivity index (χ2v) is 3.12. The quantitative estimate of drug-likeness (QED) is 0.706. The fourth-order valence-corrected chi connectivity index (χ4v) is 1.08. The molecular weight excluding hydrogens is 178 g/mol. The van der Waals surface area contributed by atoms with Gasteiger partial charge in [0.1, 0.15) is 0 Å². The SMILES string of the molecule is C=CCNC(=O)CCn1cc(C)cn1. The first-order valence-electron chi connectivity index (χ1n) is 4.59. The van der Waals surface area contributed by atoms with Crippen LogP contribution in [0.5, 0.6) is 0 Å². The summed E-state index contributed by atoms with van der Waals surface area (Å²) in [7, 11) is 0. The highest BCUT2D eigenvalue weighted by Gasteiger charge is 2.00. The van der Waals surface area contributed by atoms with Gasteiger partial charge >= 0.3 is 0 Å². The number of amides is 1. The third-order valence-electron chi connectivity index (χ3n) is 1.77. The second kappa shape index (κ2) is 5.21. The van der Waals surface area contributed by atoms with E-state index in [-0.39, 0.29) is 5.91 Å². The average Bonchev–Trinajstić information content (AvgIpc) is 2.58. The van der Waals surface area contributed by atoms with E-state index in [1.165, 1.54) is 0 Å². The van der Waals surface area contributed by atoms with E-state index in [2.05, 4.69) is 17.0 Å². The molecule has 1 heterocycles. The van der Waals surface area contributed by atoms with Gasteiger partial charge in [0, 0.05) is 25.7 Å². The molecule has 0 saturated carbocycles. The Hall–Kier alpha value is -1.58. The Balaban J connectivity index is 2.26. The molecule has 1 aromatic rings. The fourth-order valence-electron chi connectivity index (χ4n) is 1.08. The van der Waals surface area contributed by atoms with Crippen molar-refractivity contribution in [3.63, 3.8) is 0 Å². The van der Waals surface area contributed by atoms with Crippen LogP contribution in [0.15, 0.2) is 25.0 Å². The van der Waals surface area contributed by atoms with Crippen molar-refractivity contribution in [1.82, 2.24) is 15.1 Å². The largest absolute Gasteiger partial charge is 0.353 e. The van der Waals surface area contributed by atoms with Crippen LogP contribution in [0.4, 0.5) is 0 Å². The molecule has 0 fully saturated rings. The number of hydrogen-bond donors (Lipinski definition) is 1. The maximum Gasteiger partial charge on any atom is 0.222 e. The van der Waals surface area contributed by atoms with Gasteiger partial charge in [-0.25, -0.2) is 0 Å². The normalized spacial score (nSPS) is 9.79. The van der Waals surface area contributed by atoms with Gasteiger partial charge in [0.25, 0.3) is 0 Å². The first-order valence-corrected chi connectivity index (χ1v) is 4.59. The molecule has 0 unspecified atom stereocenters. The molecule has 14 heavy (non-hydrogen) atoms. The lowest BCUT2D eigenvalue weighted by Gasteiger charge is -2.02. The minimum Gasteiger partial charge on any atom is -0.353 e. The molecule has 0 spiro atoms. The summed E-state index contributed by atoms with van der Waals surface area (Å²) in [5.74, 6) is 0.0260. The summed E-state index contributed by atoms with van der Waals surface area (Å²) in [6.07, 6.45) is 5.81. The van der Waals surface area contributed by atoms with Crippen LogP contribution < -0.4 is 5.32 Å². The van der Waals surface area contributed by atoms with E-state index >= 15 is 0 Å². The summed E-state index contributed by atoms with van der Waals surface area (Å²) in [6.45, 7) is 6.64. The van der Waals surface area contributed by atoms with Crippen molar-refractivity contribution in [2.24, 2.45) is 0 Å². The van der Waals surface area contributed by atoms with Gasteiger partial charge in [-0.3, -0.25) is 9.48 Å². The predicted octanol–water partition coefficient (Wildman–Crippen LogP) is 0.884. The molecule has 0 saturated heterocycles. The van der Waals surface area contributed by atoms with Gasteiger partial charge in [-0.2, -0.15) is 5.10 Å². The first-order chi connectivity index (χ1) is 6.72. The first kappa shape index (κ1) is 10.5. The molecule has 0 bridgehead atoms. The van der Waals surface area contributed by atoms with Crippen molar-refractivity contribution in [3.05, 3.63) is 30.6 Å². The van der Waals surface area contributed by atoms with E-state index in [0.717, 1.165) is 5.56 Å². The fraction of sp³-hybridized carbons (Fsp3) is 0.400. The van der Waals surface area contributed by atoms with Crippen molar-refractivity contribution < 1.29 is 4.79 Å². The molecule has 4 heteroatoms. The van der Waals surface area contributed by atoms with E-state index in [9.17, 15) is 4.79 Å². The van der Waals surface area contributed by atoms with E-state index in [1.807, 2.05) is 13.1 Å².